The van der Waals surface area contributed by atoms with Crippen molar-refractivity contribution < 1.29 is 19.0 Å². The van der Waals surface area contributed by atoms with Crippen LogP contribution < -0.4 is 19.1 Å². The highest BCUT2D eigenvalue weighted by Crippen LogP contribution is 2.40. The van der Waals surface area contributed by atoms with E-state index in [4.69, 9.17) is 19.2 Å². The van der Waals surface area contributed by atoms with Crippen molar-refractivity contribution in [2.24, 2.45) is 0 Å². The summed E-state index contributed by atoms with van der Waals surface area (Å²) in [6.45, 7) is 1.08. The predicted molar refractivity (Wildman–Crippen MR) is 133 cm³/mol. The molecule has 8 heteroatoms. The zero-order chi connectivity index (χ0) is 23.4. The fourth-order valence-electron chi connectivity index (χ4n) is 3.50. The van der Waals surface area contributed by atoms with Gasteiger partial charge in [-0.3, -0.25) is 9.69 Å². The maximum Gasteiger partial charge on any atom is 0.266 e. The summed E-state index contributed by atoms with van der Waals surface area (Å²) in [5, 5.41) is 2.78. The lowest BCUT2D eigenvalue weighted by atomic mass is 10.1. The lowest BCUT2D eigenvalue weighted by Gasteiger charge is -2.22. The van der Waals surface area contributed by atoms with Gasteiger partial charge in [-0.25, -0.2) is 4.98 Å². The Bertz CT molecular complexity index is 1230. The molecule has 0 spiro atoms. The molecular formula is C25H27N3O4S. The summed E-state index contributed by atoms with van der Waals surface area (Å²) in [5.41, 5.74) is 0.676. The van der Waals surface area contributed by atoms with Crippen molar-refractivity contribution in [2.45, 2.75) is 0 Å². The maximum atomic E-state index is 13.3. The van der Waals surface area contributed by atoms with E-state index in [9.17, 15) is 4.79 Å². The number of carbonyl (C=O) groups excluding carboxylic acids is 1. The summed E-state index contributed by atoms with van der Waals surface area (Å²) in [4.78, 5) is 21.7. The van der Waals surface area contributed by atoms with Crippen molar-refractivity contribution >= 4 is 43.4 Å². The number of nitrogens with zero attached hydrogens (tertiary/aromatic N) is 3. The Morgan fingerprint density at radius 2 is 1.67 bits per heavy atom. The first kappa shape index (κ1) is 22.8. The molecule has 0 N–H and O–H groups in total. The van der Waals surface area contributed by atoms with E-state index in [1.165, 1.54) is 11.3 Å². The molecule has 0 bridgehead atoms. The van der Waals surface area contributed by atoms with Crippen LogP contribution in [0.15, 0.2) is 54.6 Å². The van der Waals surface area contributed by atoms with Gasteiger partial charge in [0.1, 0.15) is 27.5 Å². The van der Waals surface area contributed by atoms with E-state index in [0.717, 1.165) is 15.5 Å². The third kappa shape index (κ3) is 5.02. The van der Waals surface area contributed by atoms with Gasteiger partial charge >= 0.3 is 0 Å². The van der Waals surface area contributed by atoms with Gasteiger partial charge < -0.3 is 19.1 Å². The first-order chi connectivity index (χ1) is 16.0. The van der Waals surface area contributed by atoms with Crippen LogP contribution in [0, 0.1) is 0 Å². The quantitative estimate of drug-likeness (QED) is 0.364. The second-order valence-corrected chi connectivity index (χ2v) is 8.77. The van der Waals surface area contributed by atoms with Gasteiger partial charge in [-0.15, -0.1) is 0 Å². The molecule has 1 heterocycles. The lowest BCUT2D eigenvalue weighted by Crippen LogP contribution is -2.39. The van der Waals surface area contributed by atoms with E-state index >= 15 is 0 Å². The number of aromatic nitrogens is 1. The normalized spacial score (nSPS) is 11.2. The molecule has 0 radical (unpaired) electrons. The van der Waals surface area contributed by atoms with Gasteiger partial charge in [0.25, 0.3) is 5.91 Å². The summed E-state index contributed by atoms with van der Waals surface area (Å²) in [5.74, 6) is 1.83. The van der Waals surface area contributed by atoms with Crippen molar-refractivity contribution in [1.29, 1.82) is 0 Å². The largest absolute Gasteiger partial charge is 0.495 e. The van der Waals surface area contributed by atoms with Crippen LogP contribution in [-0.4, -0.2) is 63.8 Å². The summed E-state index contributed by atoms with van der Waals surface area (Å²) >= 11 is 1.40. The van der Waals surface area contributed by atoms with Crippen LogP contribution in [0.3, 0.4) is 0 Å². The molecule has 0 unspecified atom stereocenters. The standard InChI is InChI=1S/C25H27N3O4S/c1-27(2)13-14-28(25-26-23-20(30-3)11-12-21(31-4)24(23)33-25)22(29)16-32-19-10-9-17-7-5-6-8-18(17)15-19/h5-12,15H,13-14,16H2,1-4H3. The first-order valence-electron chi connectivity index (χ1n) is 10.6. The number of anilines is 1. The van der Waals surface area contributed by atoms with Crippen molar-refractivity contribution in [3.8, 4) is 17.2 Å². The molecule has 0 aliphatic carbocycles. The second-order valence-electron chi connectivity index (χ2n) is 7.79. The molecule has 1 amide bonds. The van der Waals surface area contributed by atoms with Gasteiger partial charge in [-0.1, -0.05) is 41.7 Å². The summed E-state index contributed by atoms with van der Waals surface area (Å²) < 4.78 is 17.7. The lowest BCUT2D eigenvalue weighted by molar-refractivity contribution is -0.120. The van der Waals surface area contributed by atoms with Gasteiger partial charge in [-0.05, 0) is 49.1 Å². The van der Waals surface area contributed by atoms with Crippen LogP contribution in [0.25, 0.3) is 21.0 Å². The zero-order valence-electron chi connectivity index (χ0n) is 19.2. The fraction of sp³-hybridized carbons (Fsp3) is 0.280. The molecule has 0 saturated heterocycles. The highest BCUT2D eigenvalue weighted by atomic mass is 32.1. The number of hydrogen-bond donors (Lipinski definition) is 0. The van der Waals surface area contributed by atoms with Crippen LogP contribution in [0.4, 0.5) is 5.13 Å². The number of likely N-dealkylation sites (N-methyl/N-ethyl adjacent to an activating group) is 1. The van der Waals surface area contributed by atoms with Crippen molar-refractivity contribution in [3.63, 3.8) is 0 Å². The summed E-state index contributed by atoms with van der Waals surface area (Å²) in [7, 11) is 7.16. The Morgan fingerprint density at radius 3 is 2.39 bits per heavy atom. The molecule has 172 valence electrons. The van der Waals surface area contributed by atoms with Crippen molar-refractivity contribution in [2.75, 3.05) is 52.9 Å². The van der Waals surface area contributed by atoms with Crippen LogP contribution >= 0.6 is 11.3 Å². The number of fused-ring (bicyclic) bond motifs is 2. The highest BCUT2D eigenvalue weighted by Gasteiger charge is 2.23. The van der Waals surface area contributed by atoms with Gasteiger partial charge in [0.2, 0.25) is 0 Å². The van der Waals surface area contributed by atoms with Crippen LogP contribution in [0.2, 0.25) is 0 Å². The molecule has 7 nitrogen and oxygen atoms in total. The molecule has 0 aliphatic rings. The van der Waals surface area contributed by atoms with E-state index < -0.39 is 0 Å². The Hall–Kier alpha value is -3.36. The average molecular weight is 466 g/mol. The third-order valence-corrected chi connectivity index (χ3v) is 6.38. The van der Waals surface area contributed by atoms with Crippen LogP contribution in [-0.2, 0) is 4.79 Å². The molecule has 4 aromatic rings. The summed E-state index contributed by atoms with van der Waals surface area (Å²) in [6, 6.07) is 17.5. The Kier molecular flexibility index (Phi) is 6.96. The number of rotatable bonds is 9. The minimum Gasteiger partial charge on any atom is -0.495 e. The van der Waals surface area contributed by atoms with Crippen molar-refractivity contribution in [1.82, 2.24) is 9.88 Å². The van der Waals surface area contributed by atoms with Gasteiger partial charge in [0.05, 0.1) is 14.2 Å². The van der Waals surface area contributed by atoms with E-state index in [-0.39, 0.29) is 12.5 Å². The van der Waals surface area contributed by atoms with E-state index in [1.807, 2.05) is 73.6 Å². The van der Waals surface area contributed by atoms with Crippen LogP contribution in [0.5, 0.6) is 17.2 Å². The maximum absolute atomic E-state index is 13.3. The Morgan fingerprint density at radius 1 is 0.939 bits per heavy atom. The van der Waals surface area contributed by atoms with Gasteiger partial charge in [0.15, 0.2) is 11.7 Å². The topological polar surface area (TPSA) is 64.1 Å². The molecule has 3 aromatic carbocycles. The molecule has 0 aliphatic heterocycles. The smallest absolute Gasteiger partial charge is 0.266 e. The van der Waals surface area contributed by atoms with Gasteiger partial charge in [0, 0.05) is 13.1 Å². The molecule has 0 fully saturated rings. The van der Waals surface area contributed by atoms with Crippen LogP contribution in [0.1, 0.15) is 0 Å². The van der Waals surface area contributed by atoms with Gasteiger partial charge in [-0.2, -0.15) is 0 Å². The number of hydrogen-bond acceptors (Lipinski definition) is 7. The zero-order valence-corrected chi connectivity index (χ0v) is 20.0. The fourth-order valence-corrected chi connectivity index (χ4v) is 4.61. The monoisotopic (exact) mass is 465 g/mol. The van der Waals surface area contributed by atoms with E-state index in [2.05, 4.69) is 0 Å². The van der Waals surface area contributed by atoms with E-state index in [1.54, 1.807) is 19.1 Å². The number of ether oxygens (including phenoxy) is 3. The van der Waals surface area contributed by atoms with Crippen molar-refractivity contribution in [3.05, 3.63) is 54.6 Å². The highest BCUT2D eigenvalue weighted by molar-refractivity contribution is 7.22. The molecule has 0 atom stereocenters. The number of benzene rings is 3. The molecule has 0 saturated carbocycles. The molecular weight excluding hydrogens is 438 g/mol. The SMILES string of the molecule is COc1ccc(OC)c2sc(N(CCN(C)C)C(=O)COc3ccc4ccccc4c3)nc12. The molecule has 33 heavy (non-hydrogen) atoms. The second kappa shape index (κ2) is 10.1. The average Bonchev–Trinajstić information content (AvgIpc) is 3.27. The number of methoxy groups -OCH3 is 2. The molecule has 1 aromatic heterocycles. The third-order valence-electron chi connectivity index (χ3n) is 5.28. The minimum atomic E-state index is -0.165. The number of thiazole rings is 1. The molecule has 4 rings (SSSR count). The Labute approximate surface area is 197 Å². The predicted octanol–water partition coefficient (Wildman–Crippen LogP) is 4.44. The number of carbonyl (C=O) groups is 1. The first-order valence-corrected chi connectivity index (χ1v) is 11.4. The Balaban J connectivity index is 1.60. The minimum absolute atomic E-state index is 0.0873. The summed E-state index contributed by atoms with van der Waals surface area (Å²) in [6.07, 6.45) is 0. The van der Waals surface area contributed by atoms with E-state index in [0.29, 0.717) is 41.0 Å². The number of amides is 1.